The Labute approximate surface area is 125 Å². The zero-order valence-corrected chi connectivity index (χ0v) is 12.7. The minimum Gasteiger partial charge on any atom is -0.464 e. The first-order valence-electron chi connectivity index (χ1n) is 8.02. The van der Waals surface area contributed by atoms with Gasteiger partial charge in [0.2, 0.25) is 0 Å². The predicted molar refractivity (Wildman–Crippen MR) is 78.2 cm³/mol. The quantitative estimate of drug-likeness (QED) is 0.856. The fraction of sp³-hybridized carbons (Fsp3) is 0.800. The van der Waals surface area contributed by atoms with E-state index in [0.29, 0.717) is 17.5 Å². The molecule has 0 radical (unpaired) electrons. The summed E-state index contributed by atoms with van der Waals surface area (Å²) in [5.41, 5.74) is 1.41. The van der Waals surface area contributed by atoms with Gasteiger partial charge in [-0.3, -0.25) is 0 Å². The highest BCUT2D eigenvalue weighted by atomic mass is 16.5. The first-order chi connectivity index (χ1) is 10.3. The van der Waals surface area contributed by atoms with Crippen LogP contribution in [-0.2, 0) is 11.3 Å². The van der Waals surface area contributed by atoms with Gasteiger partial charge in [0.05, 0.1) is 12.8 Å². The number of esters is 1. The number of ether oxygens (including phenoxy) is 1. The number of nitrogens with one attached hydrogen (secondary N) is 1. The normalized spacial score (nSPS) is 20.8. The summed E-state index contributed by atoms with van der Waals surface area (Å²) in [6, 6.07) is 0. The number of methoxy groups -OCH3 is 1. The van der Waals surface area contributed by atoms with Gasteiger partial charge in [-0.15, -0.1) is 5.10 Å². The Kier molecular flexibility index (Phi) is 4.53. The second-order valence-electron chi connectivity index (χ2n) is 6.17. The van der Waals surface area contributed by atoms with Gasteiger partial charge in [0, 0.05) is 12.5 Å². The molecule has 1 aliphatic heterocycles. The van der Waals surface area contributed by atoms with Crippen LogP contribution in [0.15, 0.2) is 0 Å². The Morgan fingerprint density at radius 1 is 1.29 bits per heavy atom. The maximum Gasteiger partial charge on any atom is 0.360 e. The number of piperidine rings is 1. The highest BCUT2D eigenvalue weighted by Crippen LogP contribution is 2.31. The van der Waals surface area contributed by atoms with Crippen LogP contribution < -0.4 is 5.32 Å². The van der Waals surface area contributed by atoms with Crippen molar-refractivity contribution in [1.29, 1.82) is 0 Å². The van der Waals surface area contributed by atoms with Gasteiger partial charge in [-0.05, 0) is 44.7 Å². The topological polar surface area (TPSA) is 69.0 Å². The molecule has 1 aromatic rings. The first kappa shape index (κ1) is 14.5. The van der Waals surface area contributed by atoms with Crippen LogP contribution in [0.4, 0.5) is 0 Å². The SMILES string of the molecule is COC(=O)c1nnn(CC2CCCC2)c1C1CCNCC1. The summed E-state index contributed by atoms with van der Waals surface area (Å²) in [5, 5.41) is 11.8. The molecule has 6 nitrogen and oxygen atoms in total. The van der Waals surface area contributed by atoms with Gasteiger partial charge < -0.3 is 10.1 Å². The molecule has 2 fully saturated rings. The molecule has 0 unspecified atom stereocenters. The Bertz CT molecular complexity index is 488. The number of aromatic nitrogens is 3. The maximum absolute atomic E-state index is 12.0. The summed E-state index contributed by atoms with van der Waals surface area (Å²) in [5.74, 6) is 0.677. The molecular formula is C15H24N4O2. The molecule has 0 atom stereocenters. The van der Waals surface area contributed by atoms with Crippen LogP contribution >= 0.6 is 0 Å². The zero-order valence-electron chi connectivity index (χ0n) is 12.7. The predicted octanol–water partition coefficient (Wildman–Crippen LogP) is 1.72. The summed E-state index contributed by atoms with van der Waals surface area (Å²) >= 11 is 0. The van der Waals surface area contributed by atoms with Crippen molar-refractivity contribution < 1.29 is 9.53 Å². The lowest BCUT2D eigenvalue weighted by molar-refractivity contribution is 0.0591. The molecule has 0 amide bonds. The monoisotopic (exact) mass is 292 g/mol. The van der Waals surface area contributed by atoms with E-state index < -0.39 is 0 Å². The van der Waals surface area contributed by atoms with Crippen molar-refractivity contribution >= 4 is 5.97 Å². The van der Waals surface area contributed by atoms with Crippen molar-refractivity contribution in [1.82, 2.24) is 20.3 Å². The maximum atomic E-state index is 12.0. The van der Waals surface area contributed by atoms with Crippen molar-refractivity contribution in [3.8, 4) is 0 Å². The number of carbonyl (C=O) groups excluding carboxylic acids is 1. The van der Waals surface area contributed by atoms with E-state index >= 15 is 0 Å². The standard InChI is InChI=1S/C15H24N4O2/c1-21-15(20)13-14(12-6-8-16-9-7-12)19(18-17-13)10-11-4-2-3-5-11/h11-12,16H,2-10H2,1H3. The Morgan fingerprint density at radius 3 is 2.67 bits per heavy atom. The molecule has 21 heavy (non-hydrogen) atoms. The van der Waals surface area contributed by atoms with Gasteiger partial charge in [0.15, 0.2) is 5.69 Å². The summed E-state index contributed by atoms with van der Waals surface area (Å²) in [6.07, 6.45) is 7.21. The lowest BCUT2D eigenvalue weighted by atomic mass is 9.92. The summed E-state index contributed by atoms with van der Waals surface area (Å²) < 4.78 is 6.87. The van der Waals surface area contributed by atoms with Gasteiger partial charge in [-0.1, -0.05) is 18.1 Å². The molecule has 0 aromatic carbocycles. The van der Waals surface area contributed by atoms with Gasteiger partial charge in [-0.25, -0.2) is 9.48 Å². The summed E-state index contributed by atoms with van der Waals surface area (Å²) in [6.45, 7) is 2.86. The lowest BCUT2D eigenvalue weighted by Crippen LogP contribution is -2.29. The molecule has 1 saturated carbocycles. The van der Waals surface area contributed by atoms with Gasteiger partial charge >= 0.3 is 5.97 Å². The molecule has 3 rings (SSSR count). The van der Waals surface area contributed by atoms with Crippen LogP contribution in [0.2, 0.25) is 0 Å². The third-order valence-electron chi connectivity index (χ3n) is 4.78. The van der Waals surface area contributed by atoms with Crippen LogP contribution in [0.1, 0.15) is 60.6 Å². The van der Waals surface area contributed by atoms with E-state index in [1.54, 1.807) is 0 Å². The first-order valence-corrected chi connectivity index (χ1v) is 8.02. The average Bonchev–Trinajstić information content (AvgIpc) is 3.17. The molecule has 1 aromatic heterocycles. The summed E-state index contributed by atoms with van der Waals surface area (Å²) in [4.78, 5) is 12.0. The molecule has 2 heterocycles. The van der Waals surface area contributed by atoms with Crippen LogP contribution in [0, 0.1) is 5.92 Å². The van der Waals surface area contributed by atoms with Crippen LogP contribution in [-0.4, -0.2) is 41.2 Å². The molecular weight excluding hydrogens is 268 g/mol. The van der Waals surface area contributed by atoms with E-state index in [-0.39, 0.29) is 5.97 Å². The summed E-state index contributed by atoms with van der Waals surface area (Å²) in [7, 11) is 1.41. The Hall–Kier alpha value is -1.43. The smallest absolute Gasteiger partial charge is 0.360 e. The van der Waals surface area contributed by atoms with Gasteiger partial charge in [-0.2, -0.15) is 0 Å². The second-order valence-corrected chi connectivity index (χ2v) is 6.17. The van der Waals surface area contributed by atoms with Crippen molar-refractivity contribution in [3.05, 3.63) is 11.4 Å². The molecule has 0 spiro atoms. The van der Waals surface area contributed by atoms with Crippen LogP contribution in [0.3, 0.4) is 0 Å². The lowest BCUT2D eigenvalue weighted by Gasteiger charge is -2.24. The van der Waals surface area contributed by atoms with E-state index in [1.165, 1.54) is 32.8 Å². The number of hydrogen-bond acceptors (Lipinski definition) is 5. The van der Waals surface area contributed by atoms with Crippen molar-refractivity contribution in [2.45, 2.75) is 51.0 Å². The fourth-order valence-corrected chi connectivity index (χ4v) is 3.63. The van der Waals surface area contributed by atoms with E-state index in [1.807, 2.05) is 4.68 Å². The Balaban J connectivity index is 1.86. The van der Waals surface area contributed by atoms with E-state index in [0.717, 1.165) is 38.2 Å². The van der Waals surface area contributed by atoms with Crippen molar-refractivity contribution in [3.63, 3.8) is 0 Å². The fourth-order valence-electron chi connectivity index (χ4n) is 3.63. The molecule has 1 saturated heterocycles. The molecule has 2 aliphatic rings. The highest BCUT2D eigenvalue weighted by molar-refractivity contribution is 5.88. The third-order valence-corrected chi connectivity index (χ3v) is 4.78. The van der Waals surface area contributed by atoms with E-state index in [4.69, 9.17) is 4.74 Å². The molecule has 116 valence electrons. The number of nitrogens with zero attached hydrogens (tertiary/aromatic N) is 3. The average molecular weight is 292 g/mol. The van der Waals surface area contributed by atoms with Crippen LogP contribution in [0.25, 0.3) is 0 Å². The molecule has 1 N–H and O–H groups in total. The minimum absolute atomic E-state index is 0.358. The van der Waals surface area contributed by atoms with E-state index in [2.05, 4.69) is 15.6 Å². The minimum atomic E-state index is -0.360. The Morgan fingerprint density at radius 2 is 2.00 bits per heavy atom. The van der Waals surface area contributed by atoms with Crippen molar-refractivity contribution in [2.24, 2.45) is 5.92 Å². The van der Waals surface area contributed by atoms with Crippen LogP contribution in [0.5, 0.6) is 0 Å². The molecule has 6 heteroatoms. The second kappa shape index (κ2) is 6.56. The number of rotatable bonds is 4. The number of hydrogen-bond donors (Lipinski definition) is 1. The largest absolute Gasteiger partial charge is 0.464 e. The third kappa shape index (κ3) is 3.10. The van der Waals surface area contributed by atoms with E-state index in [9.17, 15) is 4.79 Å². The van der Waals surface area contributed by atoms with Gasteiger partial charge in [0.25, 0.3) is 0 Å². The van der Waals surface area contributed by atoms with Gasteiger partial charge in [0.1, 0.15) is 0 Å². The van der Waals surface area contributed by atoms with Crippen molar-refractivity contribution in [2.75, 3.05) is 20.2 Å². The zero-order chi connectivity index (χ0) is 14.7. The number of carbonyl (C=O) groups is 1. The molecule has 1 aliphatic carbocycles. The molecule has 0 bridgehead atoms. The highest BCUT2D eigenvalue weighted by Gasteiger charge is 2.29.